The van der Waals surface area contributed by atoms with Gasteiger partial charge in [0.25, 0.3) is 0 Å². The number of rotatable bonds is 43. The number of carbonyl (C=O) groups is 2. The fourth-order valence-corrected chi connectivity index (χ4v) is 7.63. The zero-order valence-corrected chi connectivity index (χ0v) is 36.9. The van der Waals surface area contributed by atoms with Crippen LogP contribution >= 0.6 is 0 Å². The maximum Gasteiger partial charge on any atom is 0.306 e. The van der Waals surface area contributed by atoms with E-state index in [1.165, 1.54) is 154 Å². The summed E-state index contributed by atoms with van der Waals surface area (Å²) in [5.74, 6) is 0.0194. The third-order valence-electron chi connectivity index (χ3n) is 11.2. The molecule has 0 aromatic carbocycles. The van der Waals surface area contributed by atoms with Crippen LogP contribution in [-0.2, 0) is 25.6 Å². The molecule has 0 aliphatic carbocycles. The molecule has 0 saturated heterocycles. The molecule has 0 spiro atoms. The van der Waals surface area contributed by atoms with Gasteiger partial charge in [0.05, 0.1) is 12.9 Å². The highest BCUT2D eigenvalue weighted by Gasteiger charge is 2.14. The molecular formula is C48H91N3O4. The zero-order valence-electron chi connectivity index (χ0n) is 36.9. The first kappa shape index (κ1) is 51.1. The molecule has 0 amide bonds. The Balaban J connectivity index is 2.24. The van der Waals surface area contributed by atoms with Crippen LogP contribution in [0, 0.1) is 0 Å². The number of unbranched alkanes of at least 4 members (excludes halogenated alkanes) is 24. The predicted molar refractivity (Wildman–Crippen MR) is 234 cm³/mol. The number of hydrogen-bond donors (Lipinski definition) is 0. The smallest absolute Gasteiger partial charge is 0.306 e. The normalized spacial score (nSPS) is 11.6. The molecule has 1 rings (SSSR count). The molecule has 322 valence electrons. The lowest BCUT2D eigenvalue weighted by Gasteiger charge is -2.22. The second kappa shape index (κ2) is 40.3. The number of imidazole rings is 1. The van der Waals surface area contributed by atoms with Gasteiger partial charge in [0.2, 0.25) is 0 Å². The van der Waals surface area contributed by atoms with E-state index in [-0.39, 0.29) is 18.0 Å². The summed E-state index contributed by atoms with van der Waals surface area (Å²) >= 11 is 0. The lowest BCUT2D eigenvalue weighted by Crippen LogP contribution is -2.28. The minimum atomic E-state index is -0.0128. The quantitative estimate of drug-likeness (QED) is 0.0486. The van der Waals surface area contributed by atoms with Gasteiger partial charge in [-0.15, -0.1) is 0 Å². The Morgan fingerprint density at radius 2 is 0.964 bits per heavy atom. The molecule has 0 N–H and O–H groups in total. The minimum Gasteiger partial charge on any atom is -0.466 e. The molecule has 55 heavy (non-hydrogen) atoms. The van der Waals surface area contributed by atoms with Gasteiger partial charge in [0.15, 0.2) is 0 Å². The van der Waals surface area contributed by atoms with Gasteiger partial charge in [-0.05, 0) is 83.8 Å². The Morgan fingerprint density at radius 3 is 1.47 bits per heavy atom. The van der Waals surface area contributed by atoms with Crippen molar-refractivity contribution >= 4 is 11.9 Å². The Bertz CT molecular complexity index is 924. The van der Waals surface area contributed by atoms with Crippen molar-refractivity contribution in [3.8, 4) is 0 Å². The molecule has 1 aromatic heterocycles. The first-order valence-electron chi connectivity index (χ1n) is 24.1. The Hall–Kier alpha value is -1.89. The average molecular weight is 774 g/mol. The van der Waals surface area contributed by atoms with Gasteiger partial charge in [-0.1, -0.05) is 162 Å². The molecule has 0 atom stereocenters. The SMILES string of the molecule is CCCCCCCCCOC(=O)CCCCCCCN(CCCCCCCC(=O)OC(CCCCCCCC)CCCCCCCC)CCCn1ccnc1. The van der Waals surface area contributed by atoms with Gasteiger partial charge >= 0.3 is 11.9 Å². The van der Waals surface area contributed by atoms with Crippen LogP contribution in [0.3, 0.4) is 0 Å². The van der Waals surface area contributed by atoms with E-state index in [1.54, 1.807) is 0 Å². The maximum atomic E-state index is 12.8. The number of nitrogens with zero attached hydrogens (tertiary/aromatic N) is 3. The molecule has 0 bridgehead atoms. The van der Waals surface area contributed by atoms with Gasteiger partial charge in [0.1, 0.15) is 6.10 Å². The first-order valence-corrected chi connectivity index (χ1v) is 24.1. The largest absolute Gasteiger partial charge is 0.466 e. The molecule has 0 radical (unpaired) electrons. The molecule has 1 heterocycles. The van der Waals surface area contributed by atoms with Gasteiger partial charge < -0.3 is 18.9 Å². The summed E-state index contributed by atoms with van der Waals surface area (Å²) in [6, 6.07) is 0. The standard InChI is InChI=1S/C48H91N3O4/c1-4-7-10-13-16-25-32-44-54-47(52)36-28-21-17-23-30-39-50(41-33-42-51-43-38-49-45-51)40-31-24-18-22-29-37-48(53)55-46(34-26-19-14-11-8-5-2)35-27-20-15-12-9-6-3/h38,43,45-46H,4-37,39-42,44H2,1-3H3. The van der Waals surface area contributed by atoms with Crippen molar-refractivity contribution in [3.05, 3.63) is 18.7 Å². The summed E-state index contributed by atoms with van der Waals surface area (Å²) < 4.78 is 13.7. The highest BCUT2D eigenvalue weighted by atomic mass is 16.5. The summed E-state index contributed by atoms with van der Waals surface area (Å²) in [6.45, 7) is 11.8. The summed E-state index contributed by atoms with van der Waals surface area (Å²) in [5.41, 5.74) is 0. The van der Waals surface area contributed by atoms with E-state index in [4.69, 9.17) is 9.47 Å². The summed E-state index contributed by atoms with van der Waals surface area (Å²) in [4.78, 5) is 31.8. The minimum absolute atomic E-state index is 0.0128. The van der Waals surface area contributed by atoms with Crippen molar-refractivity contribution in [1.29, 1.82) is 0 Å². The zero-order chi connectivity index (χ0) is 39.7. The number of hydrogen-bond acceptors (Lipinski definition) is 6. The lowest BCUT2D eigenvalue weighted by molar-refractivity contribution is -0.150. The highest BCUT2D eigenvalue weighted by Crippen LogP contribution is 2.19. The van der Waals surface area contributed by atoms with Crippen LogP contribution < -0.4 is 0 Å². The number of aromatic nitrogens is 2. The molecule has 0 unspecified atom stereocenters. The summed E-state index contributed by atoms with van der Waals surface area (Å²) in [5, 5.41) is 0. The number of aryl methyl sites for hydroxylation is 1. The van der Waals surface area contributed by atoms with E-state index in [1.807, 2.05) is 12.5 Å². The van der Waals surface area contributed by atoms with Crippen LogP contribution in [0.1, 0.15) is 239 Å². The average Bonchev–Trinajstić information content (AvgIpc) is 3.71. The second-order valence-electron chi connectivity index (χ2n) is 16.6. The van der Waals surface area contributed by atoms with Crippen LogP contribution in [0.25, 0.3) is 0 Å². The number of esters is 2. The van der Waals surface area contributed by atoms with Crippen molar-refractivity contribution in [2.75, 3.05) is 26.2 Å². The topological polar surface area (TPSA) is 73.7 Å². The van der Waals surface area contributed by atoms with E-state index < -0.39 is 0 Å². The molecule has 0 fully saturated rings. The second-order valence-corrected chi connectivity index (χ2v) is 16.6. The molecule has 0 aliphatic heterocycles. The molecule has 0 saturated carbocycles. The van der Waals surface area contributed by atoms with Crippen molar-refractivity contribution in [1.82, 2.24) is 14.5 Å². The third kappa shape index (κ3) is 35.0. The summed E-state index contributed by atoms with van der Waals surface area (Å²) in [7, 11) is 0. The molecule has 7 nitrogen and oxygen atoms in total. The molecular weight excluding hydrogens is 683 g/mol. The van der Waals surface area contributed by atoms with E-state index in [0.717, 1.165) is 77.5 Å². The van der Waals surface area contributed by atoms with Crippen LogP contribution in [0.5, 0.6) is 0 Å². The van der Waals surface area contributed by atoms with Crippen LogP contribution in [0.4, 0.5) is 0 Å². The van der Waals surface area contributed by atoms with Gasteiger partial charge in [-0.3, -0.25) is 9.59 Å². The Morgan fingerprint density at radius 1 is 0.527 bits per heavy atom. The van der Waals surface area contributed by atoms with Gasteiger partial charge in [-0.2, -0.15) is 0 Å². The third-order valence-corrected chi connectivity index (χ3v) is 11.2. The van der Waals surface area contributed by atoms with E-state index in [2.05, 4.69) is 41.4 Å². The fourth-order valence-electron chi connectivity index (χ4n) is 7.63. The van der Waals surface area contributed by atoms with Crippen LogP contribution in [0.2, 0.25) is 0 Å². The molecule has 0 aliphatic rings. The van der Waals surface area contributed by atoms with Crippen molar-refractivity contribution in [2.24, 2.45) is 0 Å². The van der Waals surface area contributed by atoms with E-state index in [9.17, 15) is 9.59 Å². The van der Waals surface area contributed by atoms with Crippen molar-refractivity contribution in [2.45, 2.75) is 252 Å². The lowest BCUT2D eigenvalue weighted by atomic mass is 10.0. The van der Waals surface area contributed by atoms with Crippen molar-refractivity contribution in [3.63, 3.8) is 0 Å². The Labute approximate surface area is 341 Å². The fraction of sp³-hybridized carbons (Fsp3) is 0.896. The highest BCUT2D eigenvalue weighted by molar-refractivity contribution is 5.69. The van der Waals surface area contributed by atoms with Crippen LogP contribution in [-0.4, -0.2) is 58.7 Å². The van der Waals surface area contributed by atoms with E-state index in [0.29, 0.717) is 19.4 Å². The number of carbonyl (C=O) groups excluding carboxylic acids is 2. The van der Waals surface area contributed by atoms with E-state index >= 15 is 0 Å². The Kier molecular flexibility index (Phi) is 37.5. The maximum absolute atomic E-state index is 12.8. The molecule has 7 heteroatoms. The molecule has 1 aromatic rings. The monoisotopic (exact) mass is 774 g/mol. The summed E-state index contributed by atoms with van der Waals surface area (Å²) in [6.07, 6.45) is 45.9. The van der Waals surface area contributed by atoms with Gasteiger partial charge in [0, 0.05) is 31.8 Å². The first-order chi connectivity index (χ1) is 27.1. The predicted octanol–water partition coefficient (Wildman–Crippen LogP) is 14.0. The van der Waals surface area contributed by atoms with Gasteiger partial charge in [-0.25, -0.2) is 4.98 Å². The number of ether oxygens (including phenoxy) is 2. The van der Waals surface area contributed by atoms with Crippen molar-refractivity contribution < 1.29 is 19.1 Å². The van der Waals surface area contributed by atoms with Crippen LogP contribution in [0.15, 0.2) is 18.7 Å².